The van der Waals surface area contributed by atoms with Gasteiger partial charge in [-0.15, -0.1) is 0 Å². The molecule has 1 N–H and O–H groups in total. The molecule has 2 aromatic carbocycles. The molecule has 0 saturated heterocycles. The van der Waals surface area contributed by atoms with Crippen molar-refractivity contribution in [1.82, 2.24) is 0 Å². The van der Waals surface area contributed by atoms with Crippen molar-refractivity contribution in [2.45, 2.75) is 25.7 Å². The van der Waals surface area contributed by atoms with Crippen LogP contribution >= 0.6 is 0 Å². The number of hydrogen-bond donors (Lipinski definition) is 1. The van der Waals surface area contributed by atoms with Gasteiger partial charge in [0.2, 0.25) is 0 Å². The number of carbonyl (C=O) groups is 1. The number of aryl methyl sites for hydroxylation is 2. The summed E-state index contributed by atoms with van der Waals surface area (Å²) in [6, 6.07) is 11.4. The average molecular weight is 303 g/mol. The second kappa shape index (κ2) is 5.69. The lowest BCUT2D eigenvalue weighted by molar-refractivity contribution is 0.101. The average Bonchev–Trinajstić information content (AvgIpc) is 2.43. The Morgan fingerprint density at radius 2 is 1.71 bits per heavy atom. The van der Waals surface area contributed by atoms with E-state index in [1.54, 1.807) is 24.3 Å². The highest BCUT2D eigenvalue weighted by molar-refractivity contribution is 7.92. The Hall–Kier alpha value is -2.14. The van der Waals surface area contributed by atoms with Crippen molar-refractivity contribution in [3.05, 3.63) is 59.2 Å². The molecule has 0 heterocycles. The van der Waals surface area contributed by atoms with Crippen molar-refractivity contribution in [2.75, 3.05) is 4.72 Å². The third kappa shape index (κ3) is 3.49. The van der Waals surface area contributed by atoms with E-state index in [2.05, 4.69) is 4.72 Å². The fourth-order valence-corrected chi connectivity index (χ4v) is 3.00. The van der Waals surface area contributed by atoms with E-state index < -0.39 is 10.0 Å². The van der Waals surface area contributed by atoms with Crippen LogP contribution in [0.4, 0.5) is 5.69 Å². The second-order valence-corrected chi connectivity index (χ2v) is 6.67. The molecule has 0 spiro atoms. The number of hydrogen-bond acceptors (Lipinski definition) is 3. The maximum atomic E-state index is 12.4. The summed E-state index contributed by atoms with van der Waals surface area (Å²) < 4.78 is 27.2. The molecule has 110 valence electrons. The molecule has 0 atom stereocenters. The summed E-state index contributed by atoms with van der Waals surface area (Å²) in [5, 5.41) is 0. The van der Waals surface area contributed by atoms with Crippen molar-refractivity contribution < 1.29 is 13.2 Å². The Labute approximate surface area is 124 Å². The van der Waals surface area contributed by atoms with Gasteiger partial charge in [0.05, 0.1) is 4.90 Å². The topological polar surface area (TPSA) is 63.2 Å². The van der Waals surface area contributed by atoms with Gasteiger partial charge in [0.25, 0.3) is 10.0 Å². The van der Waals surface area contributed by atoms with E-state index in [1.807, 2.05) is 19.9 Å². The van der Waals surface area contributed by atoms with Gasteiger partial charge in [-0.2, -0.15) is 0 Å². The number of ketones is 1. The normalized spacial score (nSPS) is 11.2. The summed E-state index contributed by atoms with van der Waals surface area (Å²) in [5.74, 6) is -0.168. The molecular weight excluding hydrogens is 286 g/mol. The Morgan fingerprint density at radius 1 is 1.00 bits per heavy atom. The highest BCUT2D eigenvalue weighted by Gasteiger charge is 2.15. The zero-order valence-electron chi connectivity index (χ0n) is 12.2. The molecule has 5 heteroatoms. The third-order valence-electron chi connectivity index (χ3n) is 3.31. The summed E-state index contributed by atoms with van der Waals surface area (Å²) in [4.78, 5) is 11.4. The Bertz CT molecular complexity index is 795. The van der Waals surface area contributed by atoms with E-state index in [9.17, 15) is 13.2 Å². The van der Waals surface area contributed by atoms with Gasteiger partial charge in [-0.1, -0.05) is 18.2 Å². The zero-order valence-corrected chi connectivity index (χ0v) is 13.0. The van der Waals surface area contributed by atoms with Crippen LogP contribution in [0.3, 0.4) is 0 Å². The molecule has 0 aromatic heterocycles. The van der Waals surface area contributed by atoms with Crippen LogP contribution in [-0.2, 0) is 10.0 Å². The molecule has 0 aliphatic carbocycles. The van der Waals surface area contributed by atoms with Crippen LogP contribution in [0.2, 0.25) is 0 Å². The van der Waals surface area contributed by atoms with Crippen LogP contribution in [0.15, 0.2) is 47.4 Å². The molecule has 0 unspecified atom stereocenters. The molecule has 21 heavy (non-hydrogen) atoms. The van der Waals surface area contributed by atoms with E-state index in [0.29, 0.717) is 11.3 Å². The molecule has 0 amide bonds. The number of benzene rings is 2. The number of Topliss-reactive ketones (excluding diaryl/α,β-unsaturated/α-hetero) is 1. The van der Waals surface area contributed by atoms with Crippen LogP contribution in [0.1, 0.15) is 28.4 Å². The van der Waals surface area contributed by atoms with Crippen molar-refractivity contribution >= 4 is 21.5 Å². The van der Waals surface area contributed by atoms with Crippen LogP contribution in [0, 0.1) is 13.8 Å². The van der Waals surface area contributed by atoms with Gasteiger partial charge in [0, 0.05) is 11.3 Å². The Balaban J connectivity index is 2.36. The van der Waals surface area contributed by atoms with Gasteiger partial charge in [0.15, 0.2) is 5.78 Å². The molecular formula is C16H17NO3S. The summed E-state index contributed by atoms with van der Waals surface area (Å²) in [6.45, 7) is 5.29. The van der Waals surface area contributed by atoms with Gasteiger partial charge in [-0.05, 0) is 56.2 Å². The number of nitrogens with one attached hydrogen (secondary N) is 1. The molecule has 0 aliphatic rings. The monoisotopic (exact) mass is 303 g/mol. The van der Waals surface area contributed by atoms with E-state index in [4.69, 9.17) is 0 Å². The van der Waals surface area contributed by atoms with Crippen LogP contribution < -0.4 is 4.72 Å². The smallest absolute Gasteiger partial charge is 0.261 e. The van der Waals surface area contributed by atoms with Gasteiger partial charge < -0.3 is 0 Å². The number of carbonyl (C=O) groups excluding carboxylic acids is 1. The molecule has 2 aromatic rings. The van der Waals surface area contributed by atoms with E-state index in [1.165, 1.54) is 19.1 Å². The van der Waals surface area contributed by atoms with Crippen LogP contribution in [0.25, 0.3) is 0 Å². The lowest BCUT2D eigenvalue weighted by Gasteiger charge is -2.10. The number of rotatable bonds is 4. The van der Waals surface area contributed by atoms with Crippen molar-refractivity contribution in [3.8, 4) is 0 Å². The standard InChI is InChI=1S/C16H17NO3S/c1-11-7-8-15(9-12(11)2)17-21(19,20)16-6-4-5-14(10-16)13(3)18/h4-10,17H,1-3H3. The predicted molar refractivity (Wildman–Crippen MR) is 83.2 cm³/mol. The summed E-state index contributed by atoms with van der Waals surface area (Å²) in [6.07, 6.45) is 0. The highest BCUT2D eigenvalue weighted by atomic mass is 32.2. The maximum Gasteiger partial charge on any atom is 0.261 e. The first-order chi connectivity index (χ1) is 9.79. The van der Waals surface area contributed by atoms with Crippen molar-refractivity contribution in [3.63, 3.8) is 0 Å². The molecule has 0 aliphatic heterocycles. The molecule has 0 fully saturated rings. The zero-order chi connectivity index (χ0) is 15.6. The number of sulfonamides is 1. The summed E-state index contributed by atoms with van der Waals surface area (Å²) in [5.41, 5.74) is 2.98. The van der Waals surface area contributed by atoms with Gasteiger partial charge in [0.1, 0.15) is 0 Å². The van der Waals surface area contributed by atoms with Crippen molar-refractivity contribution in [1.29, 1.82) is 0 Å². The maximum absolute atomic E-state index is 12.4. The second-order valence-electron chi connectivity index (χ2n) is 4.99. The van der Waals surface area contributed by atoms with Gasteiger partial charge >= 0.3 is 0 Å². The first-order valence-electron chi connectivity index (χ1n) is 6.51. The minimum absolute atomic E-state index is 0.0772. The van der Waals surface area contributed by atoms with E-state index in [-0.39, 0.29) is 10.7 Å². The minimum atomic E-state index is -3.70. The predicted octanol–water partition coefficient (Wildman–Crippen LogP) is 3.31. The van der Waals surface area contributed by atoms with E-state index >= 15 is 0 Å². The fraction of sp³-hybridized carbons (Fsp3) is 0.188. The van der Waals surface area contributed by atoms with Crippen LogP contribution in [-0.4, -0.2) is 14.2 Å². The van der Waals surface area contributed by atoms with E-state index in [0.717, 1.165) is 11.1 Å². The lowest BCUT2D eigenvalue weighted by atomic mass is 10.1. The number of anilines is 1. The molecule has 4 nitrogen and oxygen atoms in total. The SMILES string of the molecule is CC(=O)c1cccc(S(=O)(=O)Nc2ccc(C)c(C)c2)c1. The van der Waals surface area contributed by atoms with Gasteiger partial charge in [-0.25, -0.2) is 8.42 Å². The minimum Gasteiger partial charge on any atom is -0.295 e. The molecule has 0 saturated carbocycles. The lowest BCUT2D eigenvalue weighted by Crippen LogP contribution is -2.13. The molecule has 2 rings (SSSR count). The largest absolute Gasteiger partial charge is 0.295 e. The Morgan fingerprint density at radius 3 is 2.33 bits per heavy atom. The quantitative estimate of drug-likeness (QED) is 0.881. The van der Waals surface area contributed by atoms with Crippen molar-refractivity contribution in [2.24, 2.45) is 0 Å². The fourth-order valence-electron chi connectivity index (χ4n) is 1.90. The van der Waals surface area contributed by atoms with Gasteiger partial charge in [-0.3, -0.25) is 9.52 Å². The summed E-state index contributed by atoms with van der Waals surface area (Å²) >= 11 is 0. The molecule has 0 radical (unpaired) electrons. The van der Waals surface area contributed by atoms with Crippen LogP contribution in [0.5, 0.6) is 0 Å². The first kappa shape index (κ1) is 15.3. The third-order valence-corrected chi connectivity index (χ3v) is 4.69. The highest BCUT2D eigenvalue weighted by Crippen LogP contribution is 2.19. The molecule has 0 bridgehead atoms. The summed E-state index contributed by atoms with van der Waals surface area (Å²) in [7, 11) is -3.70. The Kier molecular flexibility index (Phi) is 4.14. The first-order valence-corrected chi connectivity index (χ1v) is 7.99.